The van der Waals surface area contributed by atoms with Gasteiger partial charge in [0.25, 0.3) is 0 Å². The minimum absolute atomic E-state index is 0.143. The smallest absolute Gasteiger partial charge is 0.232 e. The third-order valence-corrected chi connectivity index (χ3v) is 5.01. The van der Waals surface area contributed by atoms with E-state index in [1.165, 1.54) is 4.68 Å². The van der Waals surface area contributed by atoms with Gasteiger partial charge in [0.05, 0.1) is 18.1 Å². The van der Waals surface area contributed by atoms with Crippen LogP contribution >= 0.6 is 31.9 Å². The molecule has 2 aromatic heterocycles. The highest BCUT2D eigenvalue weighted by molar-refractivity contribution is 9.11. The number of amides is 1. The van der Waals surface area contributed by atoms with Gasteiger partial charge in [-0.2, -0.15) is 10.1 Å². The number of aliphatic hydroxyl groups excluding tert-OH is 2. The highest BCUT2D eigenvalue weighted by atomic mass is 79.9. The van der Waals surface area contributed by atoms with Crippen molar-refractivity contribution in [1.29, 1.82) is 0 Å². The molecule has 3 rings (SSSR count). The molecule has 1 fully saturated rings. The maximum atomic E-state index is 11.9. The Morgan fingerprint density at radius 1 is 1.40 bits per heavy atom. The maximum Gasteiger partial charge on any atom is 0.232 e. The Morgan fingerprint density at radius 2 is 2.12 bits per heavy atom. The minimum atomic E-state index is -0.793. The Bertz CT molecular complexity index is 812. The van der Waals surface area contributed by atoms with Gasteiger partial charge in [-0.1, -0.05) is 13.8 Å². The van der Waals surface area contributed by atoms with Gasteiger partial charge < -0.3 is 14.9 Å². The largest absolute Gasteiger partial charge is 0.394 e. The minimum Gasteiger partial charge on any atom is -0.394 e. The molecule has 11 heteroatoms. The number of nitrogens with one attached hydrogen (secondary N) is 1. The summed E-state index contributed by atoms with van der Waals surface area (Å²) in [5, 5.41) is 26.8. The molecule has 3 N–H and O–H groups in total. The summed E-state index contributed by atoms with van der Waals surface area (Å²) in [5.41, 5.74) is 0.434. The van der Waals surface area contributed by atoms with Gasteiger partial charge in [0.15, 0.2) is 11.9 Å². The number of carbonyl (C=O) groups is 1. The molecule has 3 atom stereocenters. The standard InChI is InChI=1S/C14H17Br2N5O4/c1-5(2)13(24)19-14-17-10(15)9-11(16)20-21(12(9)18-14)8-3-6(23)7(4-22)25-8/h5-8,22-23H,3-4H2,1-2H3,(H,17,18,19,24)/t6-,7+,8+/m0/s1. The van der Waals surface area contributed by atoms with Crippen LogP contribution in [0.25, 0.3) is 11.0 Å². The SMILES string of the molecule is CC(C)C(=O)Nc1nc(Br)c2c(Br)nn([C@H]3C[C@H](O)[C@@H](CO)O3)c2n1. The van der Waals surface area contributed by atoms with Crippen LogP contribution in [-0.4, -0.2) is 54.7 Å². The Morgan fingerprint density at radius 3 is 2.72 bits per heavy atom. The second-order valence-corrected chi connectivity index (χ2v) is 7.53. The molecule has 0 aromatic carbocycles. The molecule has 0 saturated carbocycles. The average molecular weight is 479 g/mol. The summed E-state index contributed by atoms with van der Waals surface area (Å²) in [4.78, 5) is 20.5. The third-order valence-electron chi connectivity index (χ3n) is 3.88. The zero-order valence-corrected chi connectivity index (χ0v) is 16.7. The number of anilines is 1. The van der Waals surface area contributed by atoms with E-state index in [4.69, 9.17) is 4.74 Å². The van der Waals surface area contributed by atoms with Crippen LogP contribution in [0.3, 0.4) is 0 Å². The predicted molar refractivity (Wildman–Crippen MR) is 95.8 cm³/mol. The summed E-state index contributed by atoms with van der Waals surface area (Å²) in [6, 6.07) is 0. The average Bonchev–Trinajstić information content (AvgIpc) is 3.07. The number of ether oxygens (including phenoxy) is 1. The van der Waals surface area contributed by atoms with Crippen molar-refractivity contribution >= 4 is 54.7 Å². The molecule has 9 nitrogen and oxygen atoms in total. The Labute approximate surface area is 160 Å². The summed E-state index contributed by atoms with van der Waals surface area (Å²) < 4.78 is 8.12. The molecule has 1 saturated heterocycles. The molecule has 0 spiro atoms. The number of rotatable bonds is 4. The van der Waals surface area contributed by atoms with E-state index in [0.717, 1.165) is 0 Å². The number of nitrogens with zero attached hydrogens (tertiary/aromatic N) is 4. The van der Waals surface area contributed by atoms with E-state index in [9.17, 15) is 15.0 Å². The van der Waals surface area contributed by atoms with Gasteiger partial charge in [-0.05, 0) is 31.9 Å². The fraction of sp³-hybridized carbons (Fsp3) is 0.571. The van der Waals surface area contributed by atoms with E-state index >= 15 is 0 Å². The second-order valence-electron chi connectivity index (χ2n) is 6.03. The molecule has 136 valence electrons. The number of carbonyl (C=O) groups excluding carboxylic acids is 1. The van der Waals surface area contributed by atoms with Gasteiger partial charge in [0, 0.05) is 12.3 Å². The summed E-state index contributed by atoms with van der Waals surface area (Å²) in [5.74, 6) is -0.276. The quantitative estimate of drug-likeness (QED) is 0.570. The normalized spacial score (nSPS) is 23.6. The topological polar surface area (TPSA) is 122 Å². The molecule has 0 unspecified atom stereocenters. The first kappa shape index (κ1) is 18.6. The molecule has 3 heterocycles. The van der Waals surface area contributed by atoms with Crippen molar-refractivity contribution in [2.24, 2.45) is 5.92 Å². The van der Waals surface area contributed by atoms with Crippen LogP contribution in [0.15, 0.2) is 9.21 Å². The fourth-order valence-electron chi connectivity index (χ4n) is 2.50. The number of aliphatic hydroxyl groups is 2. The zero-order valence-electron chi connectivity index (χ0n) is 13.5. The van der Waals surface area contributed by atoms with Crippen LogP contribution in [0.2, 0.25) is 0 Å². The molecule has 0 aliphatic carbocycles. The molecular weight excluding hydrogens is 462 g/mol. The second kappa shape index (κ2) is 7.23. The highest BCUT2D eigenvalue weighted by Gasteiger charge is 2.36. The molecule has 0 radical (unpaired) electrons. The first-order valence-electron chi connectivity index (χ1n) is 7.68. The van der Waals surface area contributed by atoms with Gasteiger partial charge in [0.1, 0.15) is 15.3 Å². The summed E-state index contributed by atoms with van der Waals surface area (Å²) >= 11 is 6.73. The number of fused-ring (bicyclic) bond motifs is 1. The molecule has 1 aliphatic heterocycles. The predicted octanol–water partition coefficient (Wildman–Crippen LogP) is 1.59. The van der Waals surface area contributed by atoms with Gasteiger partial charge in [0.2, 0.25) is 11.9 Å². The number of hydrogen-bond donors (Lipinski definition) is 3. The Kier molecular flexibility index (Phi) is 5.40. The van der Waals surface area contributed by atoms with Crippen molar-refractivity contribution in [3.05, 3.63) is 9.21 Å². The van der Waals surface area contributed by atoms with Crippen LogP contribution in [-0.2, 0) is 9.53 Å². The van der Waals surface area contributed by atoms with Crippen molar-refractivity contribution in [3.8, 4) is 0 Å². The molecule has 2 aromatic rings. The van der Waals surface area contributed by atoms with Gasteiger partial charge >= 0.3 is 0 Å². The molecule has 1 aliphatic rings. The van der Waals surface area contributed by atoms with Gasteiger partial charge in [-0.3, -0.25) is 10.1 Å². The summed E-state index contributed by atoms with van der Waals surface area (Å²) in [6.07, 6.45) is -1.78. The van der Waals surface area contributed by atoms with Crippen LogP contribution in [0.4, 0.5) is 5.95 Å². The molecule has 25 heavy (non-hydrogen) atoms. The van der Waals surface area contributed by atoms with Crippen molar-refractivity contribution in [3.63, 3.8) is 0 Å². The van der Waals surface area contributed by atoms with Crippen LogP contribution in [0.1, 0.15) is 26.5 Å². The third kappa shape index (κ3) is 3.56. The lowest BCUT2D eigenvalue weighted by Crippen LogP contribution is -2.24. The molecule has 1 amide bonds. The van der Waals surface area contributed by atoms with Crippen molar-refractivity contribution in [2.45, 2.75) is 38.7 Å². The van der Waals surface area contributed by atoms with Crippen molar-refractivity contribution < 1.29 is 19.7 Å². The van der Waals surface area contributed by atoms with E-state index in [1.54, 1.807) is 13.8 Å². The Hall–Kier alpha value is -1.14. The maximum absolute atomic E-state index is 11.9. The zero-order chi connectivity index (χ0) is 18.3. The first-order chi connectivity index (χ1) is 11.8. The van der Waals surface area contributed by atoms with Gasteiger partial charge in [-0.15, -0.1) is 0 Å². The Balaban J connectivity index is 2.02. The van der Waals surface area contributed by atoms with E-state index in [2.05, 4.69) is 52.2 Å². The lowest BCUT2D eigenvalue weighted by molar-refractivity contribution is -0.118. The monoisotopic (exact) mass is 477 g/mol. The first-order valence-corrected chi connectivity index (χ1v) is 9.27. The van der Waals surface area contributed by atoms with E-state index in [0.29, 0.717) is 20.2 Å². The fourth-order valence-corrected chi connectivity index (χ4v) is 3.83. The molecule has 0 bridgehead atoms. The molecular formula is C14H17Br2N5O4. The van der Waals surface area contributed by atoms with Crippen molar-refractivity contribution in [2.75, 3.05) is 11.9 Å². The van der Waals surface area contributed by atoms with E-state index < -0.39 is 18.4 Å². The van der Waals surface area contributed by atoms with E-state index in [-0.39, 0.29) is 30.8 Å². The summed E-state index contributed by atoms with van der Waals surface area (Å²) in [7, 11) is 0. The van der Waals surface area contributed by atoms with Crippen LogP contribution < -0.4 is 5.32 Å². The highest BCUT2D eigenvalue weighted by Crippen LogP contribution is 2.35. The number of aromatic nitrogens is 4. The van der Waals surface area contributed by atoms with E-state index in [1.807, 2.05) is 0 Å². The van der Waals surface area contributed by atoms with Crippen LogP contribution in [0, 0.1) is 5.92 Å². The van der Waals surface area contributed by atoms with Crippen molar-refractivity contribution in [1.82, 2.24) is 19.7 Å². The number of halogens is 2. The lowest BCUT2D eigenvalue weighted by atomic mass is 10.2. The summed E-state index contributed by atoms with van der Waals surface area (Å²) in [6.45, 7) is 3.26. The number of hydrogen-bond acceptors (Lipinski definition) is 7. The van der Waals surface area contributed by atoms with Gasteiger partial charge in [-0.25, -0.2) is 9.67 Å². The lowest BCUT2D eigenvalue weighted by Gasteiger charge is -2.13. The van der Waals surface area contributed by atoms with Crippen LogP contribution in [0.5, 0.6) is 0 Å².